The van der Waals surface area contributed by atoms with E-state index in [2.05, 4.69) is 26.3 Å². The molecule has 0 spiro atoms. The van der Waals surface area contributed by atoms with Crippen LogP contribution < -0.4 is 43.0 Å². The fraction of sp³-hybridized carbons (Fsp3) is 0.191. The number of carbonyl (C=O) groups is 3. The second kappa shape index (κ2) is 22.8. The summed E-state index contributed by atoms with van der Waals surface area (Å²) in [5, 5.41) is 28.7. The van der Waals surface area contributed by atoms with Crippen LogP contribution in [-0.2, 0) is 42.3 Å². The molecule has 10 N–H and O–H groups in total. The predicted octanol–water partition coefficient (Wildman–Crippen LogP) is 5.95. The minimum absolute atomic E-state index is 0.00915. The molecule has 18 heteroatoms. The van der Waals surface area contributed by atoms with E-state index >= 15 is 0 Å². The fourth-order valence-corrected chi connectivity index (χ4v) is 6.08. The Kier molecular flexibility index (Phi) is 16.8. The number of nitrogens with zero attached hydrogens (tertiary/aromatic N) is 2. The molecule has 6 rings (SSSR count). The first kappa shape index (κ1) is 47.9. The Morgan fingerprint density at radius 3 is 2.18 bits per heavy atom. The number of amides is 3. The molecule has 0 radical (unpaired) electrons. The van der Waals surface area contributed by atoms with Gasteiger partial charge in [-0.15, -0.1) is 0 Å². The van der Waals surface area contributed by atoms with Crippen LogP contribution in [0.5, 0.6) is 11.5 Å². The normalized spacial score (nSPS) is 10.6. The monoisotopic (exact) mass is 889 g/mol. The Morgan fingerprint density at radius 1 is 0.831 bits per heavy atom. The summed E-state index contributed by atoms with van der Waals surface area (Å²) in [6, 6.07) is 28.4. The van der Waals surface area contributed by atoms with E-state index in [9.17, 15) is 33.1 Å². The number of phenols is 1. The number of methoxy groups -OCH3 is 1. The molecule has 5 aromatic carbocycles. The molecule has 338 valence electrons. The van der Waals surface area contributed by atoms with Crippen LogP contribution in [0.4, 0.5) is 25.1 Å². The van der Waals surface area contributed by atoms with Crippen LogP contribution in [0.3, 0.4) is 0 Å². The van der Waals surface area contributed by atoms with E-state index in [4.69, 9.17) is 26.4 Å². The second-order valence-corrected chi connectivity index (χ2v) is 14.7. The third kappa shape index (κ3) is 13.9. The zero-order chi connectivity index (χ0) is 47.0. The zero-order valence-electron chi connectivity index (χ0n) is 35.8. The van der Waals surface area contributed by atoms with Crippen molar-refractivity contribution in [3.8, 4) is 22.8 Å². The second-order valence-electron chi connectivity index (χ2n) is 14.7. The number of alkyl carbamates (subject to hydrolysis) is 1. The summed E-state index contributed by atoms with van der Waals surface area (Å²) in [4.78, 5) is 56.5. The van der Waals surface area contributed by atoms with Gasteiger partial charge in [-0.1, -0.05) is 66.7 Å². The molecule has 0 aliphatic carbocycles. The summed E-state index contributed by atoms with van der Waals surface area (Å²) in [7, 11) is 1.43. The van der Waals surface area contributed by atoms with Gasteiger partial charge in [0.1, 0.15) is 19.0 Å². The summed E-state index contributed by atoms with van der Waals surface area (Å²) in [6.07, 6.45) is 0.648. The van der Waals surface area contributed by atoms with Gasteiger partial charge in [0, 0.05) is 48.1 Å². The van der Waals surface area contributed by atoms with Crippen LogP contribution in [0.1, 0.15) is 52.0 Å². The number of hydrogen-bond acceptors (Lipinski definition) is 12. The number of amidine groups is 1. The summed E-state index contributed by atoms with van der Waals surface area (Å²) in [5.41, 5.74) is 15.1. The average Bonchev–Trinajstić information content (AvgIpc) is 3.29. The maximum atomic E-state index is 13.7. The smallest absolute Gasteiger partial charge is 0.413 e. The standard InChI is InChI=1S/C39H39FN8O6.C8H10FNO/c1-23(2)46-36-38(52)48(32(20-44-36)28-15-29(17-30(41)16-28)37(51)45-19-26-10-13-31(40)33(49)14-26)21-34(50)43-18-24-8-11-27(12-9-24)35(42)47-39(53)54-22-25-6-4-3-5-7-25;1-11-8-4-6(5-10)2-3-7(8)9/h3-17,20,23,49H,18-19,21-22,41H2,1-2H3,(H,43,50)(H,44,46)(H,45,51)(H2,42,47,53);2-4H,5,10H2,1H3. The number of carbonyl (C=O) groups excluding carboxylic acids is 3. The molecular formula is C47H49F2N9O7. The van der Waals surface area contributed by atoms with Gasteiger partial charge in [0.05, 0.1) is 19.0 Å². The van der Waals surface area contributed by atoms with Crippen molar-refractivity contribution in [3.05, 3.63) is 171 Å². The molecule has 1 heterocycles. The Labute approximate surface area is 373 Å². The van der Waals surface area contributed by atoms with Crippen molar-refractivity contribution < 1.29 is 37.7 Å². The number of aromatic nitrogens is 2. The highest BCUT2D eigenvalue weighted by Crippen LogP contribution is 2.24. The zero-order valence-corrected chi connectivity index (χ0v) is 35.8. The molecule has 0 bridgehead atoms. The lowest BCUT2D eigenvalue weighted by Crippen LogP contribution is -2.35. The van der Waals surface area contributed by atoms with Gasteiger partial charge in [0.2, 0.25) is 5.91 Å². The Balaban J connectivity index is 0.000000630. The van der Waals surface area contributed by atoms with Crippen LogP contribution in [0.2, 0.25) is 0 Å². The third-order valence-electron chi connectivity index (χ3n) is 9.38. The number of nitrogens with one attached hydrogen (secondary N) is 5. The van der Waals surface area contributed by atoms with Crippen LogP contribution >= 0.6 is 0 Å². The van der Waals surface area contributed by atoms with Crippen LogP contribution in [0.25, 0.3) is 11.3 Å². The maximum absolute atomic E-state index is 13.7. The van der Waals surface area contributed by atoms with Crippen LogP contribution in [0, 0.1) is 17.0 Å². The number of hydrogen-bond donors (Lipinski definition) is 8. The number of halogens is 2. The molecule has 0 atom stereocenters. The molecule has 65 heavy (non-hydrogen) atoms. The highest BCUT2D eigenvalue weighted by atomic mass is 19.1. The molecule has 3 amide bonds. The summed E-state index contributed by atoms with van der Waals surface area (Å²) < 4.78 is 37.4. The molecule has 16 nitrogen and oxygen atoms in total. The SMILES string of the molecule is CC(C)Nc1ncc(-c2cc(N)cc(C(=O)NCc3ccc(F)c(O)c3)c2)n(CC(=O)NCc2ccc(C(=N)NC(=O)OCc3ccccc3)cc2)c1=O.COc1cc(CN)ccc1F. The largest absolute Gasteiger partial charge is 0.505 e. The summed E-state index contributed by atoms with van der Waals surface area (Å²) in [6.45, 7) is 3.82. The van der Waals surface area contributed by atoms with E-state index in [0.717, 1.165) is 17.2 Å². The number of benzene rings is 5. The number of rotatable bonds is 15. The first-order valence-electron chi connectivity index (χ1n) is 20.1. The van der Waals surface area contributed by atoms with Crippen molar-refractivity contribution in [2.24, 2.45) is 5.73 Å². The highest BCUT2D eigenvalue weighted by molar-refractivity contribution is 6.04. The van der Waals surface area contributed by atoms with Crippen LogP contribution in [0.15, 0.2) is 120 Å². The van der Waals surface area contributed by atoms with Gasteiger partial charge in [-0.05, 0) is 78.6 Å². The van der Waals surface area contributed by atoms with Crippen LogP contribution in [-0.4, -0.2) is 51.6 Å². The molecule has 0 saturated carbocycles. The van der Waals surface area contributed by atoms with E-state index < -0.39 is 41.6 Å². The van der Waals surface area contributed by atoms with Gasteiger partial charge >= 0.3 is 6.09 Å². The maximum Gasteiger partial charge on any atom is 0.413 e. The molecule has 6 aromatic rings. The highest BCUT2D eigenvalue weighted by Gasteiger charge is 2.18. The van der Waals surface area contributed by atoms with E-state index in [1.807, 2.05) is 44.2 Å². The predicted molar refractivity (Wildman–Crippen MR) is 242 cm³/mol. The molecular weight excluding hydrogens is 841 g/mol. The van der Waals surface area contributed by atoms with Gasteiger partial charge in [0.25, 0.3) is 11.5 Å². The lowest BCUT2D eigenvalue weighted by atomic mass is 10.1. The van der Waals surface area contributed by atoms with Crippen molar-refractivity contribution in [2.45, 2.75) is 52.7 Å². The van der Waals surface area contributed by atoms with E-state index in [1.54, 1.807) is 42.5 Å². The Morgan fingerprint density at radius 2 is 1.51 bits per heavy atom. The number of anilines is 2. The fourth-order valence-electron chi connectivity index (χ4n) is 6.08. The lowest BCUT2D eigenvalue weighted by molar-refractivity contribution is -0.121. The lowest BCUT2D eigenvalue weighted by Gasteiger charge is -2.17. The molecule has 0 saturated heterocycles. The van der Waals surface area contributed by atoms with Gasteiger partial charge < -0.3 is 42.0 Å². The Hall–Kier alpha value is -8.12. The summed E-state index contributed by atoms with van der Waals surface area (Å²) >= 11 is 0. The number of phenolic OH excluding ortho intramolecular Hbond substituents is 1. The third-order valence-corrected chi connectivity index (χ3v) is 9.38. The van der Waals surface area contributed by atoms with Gasteiger partial charge in [0.15, 0.2) is 29.0 Å². The van der Waals surface area contributed by atoms with Crippen molar-refractivity contribution in [2.75, 3.05) is 18.2 Å². The molecule has 0 unspecified atom stereocenters. The van der Waals surface area contributed by atoms with Gasteiger partial charge in [-0.3, -0.25) is 29.7 Å². The van der Waals surface area contributed by atoms with E-state index in [1.165, 1.54) is 48.2 Å². The molecule has 0 aliphatic rings. The number of aromatic hydroxyl groups is 1. The van der Waals surface area contributed by atoms with Crippen molar-refractivity contribution in [1.82, 2.24) is 25.5 Å². The molecule has 0 fully saturated rings. The van der Waals surface area contributed by atoms with Crippen molar-refractivity contribution in [1.29, 1.82) is 5.41 Å². The molecule has 0 aliphatic heterocycles. The number of nitrogen functional groups attached to an aromatic ring is 1. The van der Waals surface area contributed by atoms with E-state index in [0.29, 0.717) is 28.8 Å². The Bertz CT molecular complexity index is 2700. The summed E-state index contributed by atoms with van der Waals surface area (Å²) in [5.74, 6) is -2.59. The number of ether oxygens (including phenoxy) is 2. The molecule has 1 aromatic heterocycles. The quantitative estimate of drug-likeness (QED) is 0.0340. The first-order chi connectivity index (χ1) is 31.1. The van der Waals surface area contributed by atoms with Gasteiger partial charge in [-0.2, -0.15) is 0 Å². The van der Waals surface area contributed by atoms with E-state index in [-0.39, 0.29) is 65.9 Å². The minimum Gasteiger partial charge on any atom is -0.505 e. The minimum atomic E-state index is -0.783. The topological polar surface area (TPSA) is 249 Å². The average molecular weight is 890 g/mol. The van der Waals surface area contributed by atoms with Gasteiger partial charge in [-0.25, -0.2) is 18.6 Å². The van der Waals surface area contributed by atoms with Crippen molar-refractivity contribution in [3.63, 3.8) is 0 Å². The van der Waals surface area contributed by atoms with Crippen molar-refractivity contribution >= 4 is 35.2 Å². The first-order valence-corrected chi connectivity index (χ1v) is 20.1. The number of nitrogens with two attached hydrogens (primary N) is 2.